The van der Waals surface area contributed by atoms with Crippen molar-refractivity contribution in [1.29, 1.82) is 0 Å². The molecule has 1 fully saturated rings. The van der Waals surface area contributed by atoms with Crippen molar-refractivity contribution in [2.75, 3.05) is 19.0 Å². The molecule has 0 bridgehead atoms. The molecule has 1 saturated carbocycles. The van der Waals surface area contributed by atoms with Crippen LogP contribution in [0.4, 0.5) is 16.0 Å². The van der Waals surface area contributed by atoms with Crippen molar-refractivity contribution in [3.8, 4) is 5.82 Å². The maximum atomic E-state index is 13.6. The minimum absolute atomic E-state index is 0.0161. The monoisotopic (exact) mass is 587 g/mol. The zero-order valence-corrected chi connectivity index (χ0v) is 24.3. The van der Waals surface area contributed by atoms with Crippen LogP contribution in [0.2, 0.25) is 0 Å². The number of hydrogen-bond donors (Lipinski definition) is 4. The Morgan fingerprint density at radius 3 is 2.67 bits per heavy atom. The van der Waals surface area contributed by atoms with Crippen LogP contribution < -0.4 is 16.0 Å². The molecule has 2 amide bonds. The third kappa shape index (κ3) is 5.72. The molecule has 1 aliphatic carbocycles. The van der Waals surface area contributed by atoms with Crippen LogP contribution in [-0.4, -0.2) is 61.0 Å². The number of aromatic nitrogens is 6. The number of aromatic amines is 1. The van der Waals surface area contributed by atoms with E-state index in [2.05, 4.69) is 36.2 Å². The standard InChI is InChI=1S/C30H34FN9O3/c1-17-12-24(39-38-17)36-23-13-20-8-11-32-28(41)26(20)27(37-23)19-6-9-30(43-3,10-7-19)29(42)35-18(2)21-4-5-25(33-14-21)40-16-22(31)15-34-40/h4-5,12-16,18-19H,6-11H2,1-3H3,(H,32,41)(H,35,42)(H2,36,37,38,39)/t18-,19-,30-/m0/s1. The number of anilines is 2. The number of methoxy groups -OCH3 is 1. The van der Waals surface area contributed by atoms with Gasteiger partial charge >= 0.3 is 0 Å². The quantitative estimate of drug-likeness (QED) is 0.243. The number of aryl methyl sites for hydroxylation is 1. The Hall–Kier alpha value is -4.65. The summed E-state index contributed by atoms with van der Waals surface area (Å²) in [6.45, 7) is 4.38. The fourth-order valence-electron chi connectivity index (χ4n) is 5.96. The lowest BCUT2D eigenvalue weighted by Gasteiger charge is -2.39. The van der Waals surface area contributed by atoms with Crippen molar-refractivity contribution in [1.82, 2.24) is 40.6 Å². The van der Waals surface area contributed by atoms with E-state index in [1.807, 2.05) is 32.0 Å². The van der Waals surface area contributed by atoms with Crippen molar-refractivity contribution < 1.29 is 18.7 Å². The van der Waals surface area contributed by atoms with E-state index in [0.717, 1.165) is 28.7 Å². The minimum atomic E-state index is -1.00. The van der Waals surface area contributed by atoms with E-state index in [4.69, 9.17) is 9.72 Å². The Morgan fingerprint density at radius 2 is 2.02 bits per heavy atom. The summed E-state index contributed by atoms with van der Waals surface area (Å²) in [5, 5.41) is 20.4. The summed E-state index contributed by atoms with van der Waals surface area (Å²) in [5.74, 6) is 0.998. The lowest BCUT2D eigenvalue weighted by Crippen LogP contribution is -2.51. The van der Waals surface area contributed by atoms with Gasteiger partial charge < -0.3 is 20.7 Å². The van der Waals surface area contributed by atoms with Crippen LogP contribution >= 0.6 is 0 Å². The molecule has 4 N–H and O–H groups in total. The molecule has 0 radical (unpaired) electrons. The molecule has 6 rings (SSSR count). The highest BCUT2D eigenvalue weighted by Gasteiger charge is 2.44. The van der Waals surface area contributed by atoms with E-state index in [9.17, 15) is 14.0 Å². The number of halogens is 1. The third-order valence-electron chi connectivity index (χ3n) is 8.39. The van der Waals surface area contributed by atoms with Gasteiger partial charge in [-0.3, -0.25) is 14.7 Å². The number of fused-ring (bicyclic) bond motifs is 1. The highest BCUT2D eigenvalue weighted by atomic mass is 19.1. The maximum absolute atomic E-state index is 13.6. The zero-order valence-electron chi connectivity index (χ0n) is 24.3. The van der Waals surface area contributed by atoms with Crippen molar-refractivity contribution in [2.45, 2.75) is 63.5 Å². The van der Waals surface area contributed by atoms with Gasteiger partial charge in [0.05, 0.1) is 29.7 Å². The molecule has 13 heteroatoms. The van der Waals surface area contributed by atoms with Gasteiger partial charge in [0.25, 0.3) is 11.8 Å². The summed E-state index contributed by atoms with van der Waals surface area (Å²) in [5.41, 5.74) is 3.05. The van der Waals surface area contributed by atoms with E-state index < -0.39 is 11.4 Å². The van der Waals surface area contributed by atoms with E-state index >= 15 is 0 Å². The third-order valence-corrected chi connectivity index (χ3v) is 8.39. The molecule has 43 heavy (non-hydrogen) atoms. The zero-order chi connectivity index (χ0) is 30.1. The number of hydrogen-bond acceptors (Lipinski definition) is 8. The summed E-state index contributed by atoms with van der Waals surface area (Å²) in [6.07, 6.45) is 6.93. The molecular weight excluding hydrogens is 553 g/mol. The van der Waals surface area contributed by atoms with Crippen LogP contribution in [-0.2, 0) is 16.0 Å². The molecule has 1 atom stereocenters. The number of ether oxygens (including phenoxy) is 1. The topological polar surface area (TPSA) is 152 Å². The van der Waals surface area contributed by atoms with E-state index in [1.165, 1.54) is 10.9 Å². The predicted molar refractivity (Wildman–Crippen MR) is 156 cm³/mol. The number of rotatable bonds is 8. The van der Waals surface area contributed by atoms with Crippen LogP contribution in [0, 0.1) is 12.7 Å². The Bertz CT molecular complexity index is 1640. The second kappa shape index (κ2) is 11.6. The van der Waals surface area contributed by atoms with Crippen LogP contribution in [0.1, 0.15) is 77.4 Å². The van der Waals surface area contributed by atoms with Gasteiger partial charge in [0, 0.05) is 37.5 Å². The van der Waals surface area contributed by atoms with Crippen LogP contribution in [0.25, 0.3) is 5.82 Å². The first kappa shape index (κ1) is 28.5. The van der Waals surface area contributed by atoms with Crippen molar-refractivity contribution in [2.24, 2.45) is 0 Å². The molecule has 5 heterocycles. The Morgan fingerprint density at radius 1 is 1.21 bits per heavy atom. The predicted octanol–water partition coefficient (Wildman–Crippen LogP) is 3.78. The highest BCUT2D eigenvalue weighted by molar-refractivity contribution is 5.98. The maximum Gasteiger partial charge on any atom is 0.253 e. The number of nitrogens with one attached hydrogen (secondary N) is 4. The molecule has 4 aromatic heterocycles. The fraction of sp³-hybridized carbons (Fsp3) is 0.400. The molecule has 0 saturated heterocycles. The fourth-order valence-corrected chi connectivity index (χ4v) is 5.96. The smallest absolute Gasteiger partial charge is 0.253 e. The molecule has 0 aromatic carbocycles. The number of nitrogens with zero attached hydrogens (tertiary/aromatic N) is 5. The van der Waals surface area contributed by atoms with Crippen molar-refractivity contribution in [3.05, 3.63) is 76.8 Å². The summed E-state index contributed by atoms with van der Waals surface area (Å²) >= 11 is 0. The summed E-state index contributed by atoms with van der Waals surface area (Å²) in [4.78, 5) is 35.8. The Kier molecular flexibility index (Phi) is 7.65. The number of carbonyl (C=O) groups is 2. The van der Waals surface area contributed by atoms with Gasteiger partial charge in [-0.2, -0.15) is 10.2 Å². The van der Waals surface area contributed by atoms with Gasteiger partial charge in [-0.25, -0.2) is 19.0 Å². The first-order chi connectivity index (χ1) is 20.7. The molecule has 12 nitrogen and oxygen atoms in total. The normalized spacial score (nSPS) is 20.7. The largest absolute Gasteiger partial charge is 0.368 e. The number of carbonyl (C=O) groups excluding carboxylic acids is 2. The van der Waals surface area contributed by atoms with E-state index in [0.29, 0.717) is 61.7 Å². The summed E-state index contributed by atoms with van der Waals surface area (Å²) in [7, 11) is 1.56. The summed E-state index contributed by atoms with van der Waals surface area (Å²) in [6, 6.07) is 7.04. The molecule has 0 spiro atoms. The van der Waals surface area contributed by atoms with Crippen LogP contribution in [0.5, 0.6) is 0 Å². The lowest BCUT2D eigenvalue weighted by atomic mass is 9.75. The SMILES string of the molecule is CO[C@]1(C(=O)N[C@@H](C)c2ccc(-n3cc(F)cn3)nc2)CC[C@@H](c2nc(Nc3cc(C)[nH]n3)cc3c2C(=O)NCC3)CC1. The second-order valence-electron chi connectivity index (χ2n) is 11.2. The highest BCUT2D eigenvalue weighted by Crippen LogP contribution is 2.42. The Labute approximate surface area is 247 Å². The Balaban J connectivity index is 1.16. The minimum Gasteiger partial charge on any atom is -0.368 e. The number of pyridine rings is 2. The van der Waals surface area contributed by atoms with Gasteiger partial charge in [0.2, 0.25) is 0 Å². The van der Waals surface area contributed by atoms with Crippen LogP contribution in [0.3, 0.4) is 0 Å². The molecule has 1 aliphatic heterocycles. The van der Waals surface area contributed by atoms with Gasteiger partial charge in [0.15, 0.2) is 17.5 Å². The molecule has 224 valence electrons. The van der Waals surface area contributed by atoms with Crippen LogP contribution in [0.15, 0.2) is 42.9 Å². The van der Waals surface area contributed by atoms with Gasteiger partial charge in [-0.05, 0) is 69.2 Å². The second-order valence-corrected chi connectivity index (χ2v) is 11.2. The number of amides is 2. The van der Waals surface area contributed by atoms with Gasteiger partial charge in [-0.1, -0.05) is 6.07 Å². The molecule has 2 aliphatic rings. The average Bonchev–Trinajstić information content (AvgIpc) is 3.64. The average molecular weight is 588 g/mol. The molecule has 4 aromatic rings. The first-order valence-corrected chi connectivity index (χ1v) is 14.4. The van der Waals surface area contributed by atoms with Gasteiger partial charge in [0.1, 0.15) is 11.4 Å². The van der Waals surface area contributed by atoms with Crippen molar-refractivity contribution >= 4 is 23.5 Å². The van der Waals surface area contributed by atoms with E-state index in [1.54, 1.807) is 19.4 Å². The molecule has 0 unspecified atom stereocenters. The first-order valence-electron chi connectivity index (χ1n) is 14.4. The van der Waals surface area contributed by atoms with Gasteiger partial charge in [-0.15, -0.1) is 0 Å². The van der Waals surface area contributed by atoms with Crippen molar-refractivity contribution in [3.63, 3.8) is 0 Å². The lowest BCUT2D eigenvalue weighted by molar-refractivity contribution is -0.148. The number of H-pyrrole nitrogens is 1. The van der Waals surface area contributed by atoms with E-state index in [-0.39, 0.29) is 23.8 Å². The molecular formula is C30H34FN9O3. The summed E-state index contributed by atoms with van der Waals surface area (Å²) < 4.78 is 20.6.